The molecule has 21 heavy (non-hydrogen) atoms. The van der Waals surface area contributed by atoms with Gasteiger partial charge in [0.2, 0.25) is 0 Å². The van der Waals surface area contributed by atoms with Gasteiger partial charge in [-0.1, -0.05) is 0 Å². The number of halogens is 2. The molecule has 0 fully saturated rings. The summed E-state index contributed by atoms with van der Waals surface area (Å²) in [6, 6.07) is 7.27. The maximum Gasteiger partial charge on any atom is 0.335 e. The minimum absolute atomic E-state index is 0.0742. The molecule has 2 aromatic carbocycles. The molecule has 0 radical (unpaired) electrons. The Morgan fingerprint density at radius 3 is 2.43 bits per heavy atom. The number of phenols is 1. The number of nitrogens with one attached hydrogen (secondary N) is 1. The number of aromatic hydroxyl groups is 1. The molecule has 0 heterocycles. The highest BCUT2D eigenvalue weighted by molar-refractivity contribution is 14.1. The lowest BCUT2D eigenvalue weighted by molar-refractivity contribution is 0.0696. The van der Waals surface area contributed by atoms with Crippen LogP contribution in [-0.2, 0) is 0 Å². The summed E-state index contributed by atoms with van der Waals surface area (Å²) in [7, 11) is 0. The van der Waals surface area contributed by atoms with E-state index in [2.05, 4.69) is 5.32 Å². The Morgan fingerprint density at radius 2 is 1.86 bits per heavy atom. The Kier molecular flexibility index (Phi) is 4.41. The third kappa shape index (κ3) is 3.48. The van der Waals surface area contributed by atoms with E-state index >= 15 is 0 Å². The van der Waals surface area contributed by atoms with Crippen molar-refractivity contribution < 1.29 is 24.2 Å². The monoisotopic (exact) mass is 401 g/mol. The van der Waals surface area contributed by atoms with Crippen molar-refractivity contribution in [2.75, 3.05) is 5.32 Å². The van der Waals surface area contributed by atoms with Gasteiger partial charge in [0.25, 0.3) is 5.91 Å². The molecule has 0 unspecified atom stereocenters. The van der Waals surface area contributed by atoms with Crippen LogP contribution in [0.5, 0.6) is 5.75 Å². The molecule has 3 N–H and O–H groups in total. The summed E-state index contributed by atoms with van der Waals surface area (Å²) in [5, 5.41) is 20.9. The van der Waals surface area contributed by atoms with E-state index in [9.17, 15) is 19.1 Å². The molecule has 0 aliphatic carbocycles. The van der Waals surface area contributed by atoms with Crippen LogP contribution in [0.4, 0.5) is 10.1 Å². The quantitative estimate of drug-likeness (QED) is 0.545. The number of carboxylic acids is 1. The summed E-state index contributed by atoms with van der Waals surface area (Å²) in [6.45, 7) is 0. The summed E-state index contributed by atoms with van der Waals surface area (Å²) < 4.78 is 13.4. The van der Waals surface area contributed by atoms with Gasteiger partial charge in [0.15, 0.2) is 0 Å². The van der Waals surface area contributed by atoms with Crippen LogP contribution in [0.25, 0.3) is 0 Å². The second-order valence-electron chi connectivity index (χ2n) is 4.12. The standard InChI is InChI=1S/C14H9FINO4/c15-8-2-3-9(10(16)6-8)13(19)17-11-4-1-7(14(20)21)5-12(11)18/h1-6,18H,(H,17,19)(H,20,21). The predicted molar refractivity (Wildman–Crippen MR) is 82.1 cm³/mol. The van der Waals surface area contributed by atoms with Crippen molar-refractivity contribution in [3.05, 3.63) is 56.9 Å². The summed E-state index contributed by atoms with van der Waals surface area (Å²) in [6.07, 6.45) is 0. The van der Waals surface area contributed by atoms with E-state index in [1.165, 1.54) is 24.3 Å². The highest BCUT2D eigenvalue weighted by atomic mass is 127. The SMILES string of the molecule is O=C(O)c1ccc(NC(=O)c2ccc(F)cc2I)c(O)c1. The molecule has 0 aliphatic heterocycles. The fourth-order valence-corrected chi connectivity index (χ4v) is 2.36. The number of benzene rings is 2. The molecule has 0 saturated heterocycles. The van der Waals surface area contributed by atoms with Crippen molar-refractivity contribution in [3.63, 3.8) is 0 Å². The molecule has 0 atom stereocenters. The van der Waals surface area contributed by atoms with Gasteiger partial charge in [-0.2, -0.15) is 0 Å². The van der Waals surface area contributed by atoms with Crippen LogP contribution in [0.1, 0.15) is 20.7 Å². The van der Waals surface area contributed by atoms with Crippen LogP contribution in [0, 0.1) is 9.39 Å². The van der Waals surface area contributed by atoms with E-state index in [1.807, 2.05) is 22.6 Å². The van der Waals surface area contributed by atoms with E-state index < -0.39 is 17.7 Å². The molecule has 108 valence electrons. The van der Waals surface area contributed by atoms with Crippen LogP contribution >= 0.6 is 22.6 Å². The van der Waals surface area contributed by atoms with E-state index in [-0.39, 0.29) is 22.6 Å². The number of carbonyl (C=O) groups excluding carboxylic acids is 1. The number of carbonyl (C=O) groups is 2. The van der Waals surface area contributed by atoms with Gasteiger partial charge in [0, 0.05) is 3.57 Å². The van der Waals surface area contributed by atoms with Crippen molar-refractivity contribution in [2.24, 2.45) is 0 Å². The average Bonchev–Trinajstić information content (AvgIpc) is 2.40. The molecule has 0 aromatic heterocycles. The number of amides is 1. The Balaban J connectivity index is 2.25. The highest BCUT2D eigenvalue weighted by Crippen LogP contribution is 2.25. The second kappa shape index (κ2) is 6.08. The first kappa shape index (κ1) is 15.2. The molecule has 0 aliphatic rings. The van der Waals surface area contributed by atoms with Crippen LogP contribution in [0.15, 0.2) is 36.4 Å². The first-order chi connectivity index (χ1) is 9.88. The van der Waals surface area contributed by atoms with Gasteiger partial charge in [-0.15, -0.1) is 0 Å². The zero-order valence-corrected chi connectivity index (χ0v) is 12.6. The normalized spacial score (nSPS) is 10.2. The fourth-order valence-electron chi connectivity index (χ4n) is 1.63. The second-order valence-corrected chi connectivity index (χ2v) is 5.28. The Hall–Kier alpha value is -2.16. The van der Waals surface area contributed by atoms with E-state index in [0.29, 0.717) is 3.57 Å². The number of aromatic carboxylic acids is 1. The van der Waals surface area contributed by atoms with Gasteiger partial charge in [-0.05, 0) is 59.0 Å². The van der Waals surface area contributed by atoms with Crippen molar-refractivity contribution in [1.82, 2.24) is 0 Å². The molecule has 1 amide bonds. The predicted octanol–water partition coefficient (Wildman–Crippen LogP) is 3.09. The third-order valence-electron chi connectivity index (χ3n) is 2.67. The lowest BCUT2D eigenvalue weighted by Crippen LogP contribution is -2.14. The van der Waals surface area contributed by atoms with Crippen LogP contribution in [-0.4, -0.2) is 22.1 Å². The zero-order valence-electron chi connectivity index (χ0n) is 10.4. The molecular weight excluding hydrogens is 392 g/mol. The number of carboxylic acid groups (broad SMARTS) is 1. The smallest absolute Gasteiger partial charge is 0.335 e. The van der Waals surface area contributed by atoms with Gasteiger partial charge in [0.05, 0.1) is 16.8 Å². The Morgan fingerprint density at radius 1 is 1.14 bits per heavy atom. The average molecular weight is 401 g/mol. The minimum Gasteiger partial charge on any atom is -0.506 e. The highest BCUT2D eigenvalue weighted by Gasteiger charge is 2.14. The van der Waals surface area contributed by atoms with E-state index in [0.717, 1.165) is 12.1 Å². The van der Waals surface area contributed by atoms with Crippen LogP contribution in [0.3, 0.4) is 0 Å². The summed E-state index contributed by atoms with van der Waals surface area (Å²) in [5.74, 6) is -2.53. The van der Waals surface area contributed by atoms with E-state index in [4.69, 9.17) is 5.11 Å². The number of hydrogen-bond acceptors (Lipinski definition) is 3. The Bertz CT molecular complexity index is 733. The topological polar surface area (TPSA) is 86.6 Å². The lowest BCUT2D eigenvalue weighted by atomic mass is 10.1. The number of anilines is 1. The number of phenolic OH excluding ortho intramolecular Hbond substituents is 1. The minimum atomic E-state index is -1.18. The molecule has 2 aromatic rings. The first-order valence-electron chi connectivity index (χ1n) is 5.71. The number of rotatable bonds is 3. The van der Waals surface area contributed by atoms with Gasteiger partial charge >= 0.3 is 5.97 Å². The molecule has 0 spiro atoms. The third-order valence-corrected chi connectivity index (χ3v) is 3.56. The van der Waals surface area contributed by atoms with Gasteiger partial charge in [0.1, 0.15) is 11.6 Å². The lowest BCUT2D eigenvalue weighted by Gasteiger charge is -2.09. The van der Waals surface area contributed by atoms with Crippen molar-refractivity contribution >= 4 is 40.2 Å². The molecule has 2 rings (SSSR count). The molecule has 0 bridgehead atoms. The first-order valence-corrected chi connectivity index (χ1v) is 6.79. The number of hydrogen-bond donors (Lipinski definition) is 3. The molecule has 0 saturated carbocycles. The molecular formula is C14H9FINO4. The summed E-state index contributed by atoms with van der Waals surface area (Å²) in [4.78, 5) is 22.8. The van der Waals surface area contributed by atoms with E-state index in [1.54, 1.807) is 0 Å². The van der Waals surface area contributed by atoms with Gasteiger partial charge < -0.3 is 15.5 Å². The van der Waals surface area contributed by atoms with Crippen LogP contribution < -0.4 is 5.32 Å². The van der Waals surface area contributed by atoms with Crippen molar-refractivity contribution in [2.45, 2.75) is 0 Å². The van der Waals surface area contributed by atoms with Crippen molar-refractivity contribution in [1.29, 1.82) is 0 Å². The molecule has 5 nitrogen and oxygen atoms in total. The summed E-state index contributed by atoms with van der Waals surface area (Å²) in [5.41, 5.74) is 0.227. The largest absolute Gasteiger partial charge is 0.506 e. The van der Waals surface area contributed by atoms with Crippen molar-refractivity contribution in [3.8, 4) is 5.75 Å². The van der Waals surface area contributed by atoms with Gasteiger partial charge in [-0.3, -0.25) is 4.79 Å². The zero-order chi connectivity index (χ0) is 15.6. The Labute approximate surface area is 132 Å². The fraction of sp³-hybridized carbons (Fsp3) is 0. The van der Waals surface area contributed by atoms with Crippen LogP contribution in [0.2, 0.25) is 0 Å². The maximum atomic E-state index is 13.0. The molecule has 7 heteroatoms. The van der Waals surface area contributed by atoms with Gasteiger partial charge in [-0.25, -0.2) is 9.18 Å². The summed E-state index contributed by atoms with van der Waals surface area (Å²) >= 11 is 1.83. The maximum absolute atomic E-state index is 13.0.